The van der Waals surface area contributed by atoms with Gasteiger partial charge in [0.25, 0.3) is 0 Å². The molecular formula is C28H27ClN4O6. The van der Waals surface area contributed by atoms with Crippen molar-refractivity contribution >= 4 is 23.2 Å². The van der Waals surface area contributed by atoms with Gasteiger partial charge in [0.1, 0.15) is 18.2 Å². The summed E-state index contributed by atoms with van der Waals surface area (Å²) in [6.45, 7) is 0.552. The summed E-state index contributed by atoms with van der Waals surface area (Å²) in [5, 5.41) is 3.68. The molecule has 2 aromatic heterocycles. The number of hydrogen-bond donors (Lipinski definition) is 1. The number of benzene rings is 2. The fourth-order valence-electron chi connectivity index (χ4n) is 3.74. The number of methoxy groups -OCH3 is 4. The molecule has 0 unspecified atom stereocenters. The number of rotatable bonds is 12. The van der Waals surface area contributed by atoms with E-state index in [0.717, 1.165) is 11.1 Å². The van der Waals surface area contributed by atoms with E-state index < -0.39 is 0 Å². The van der Waals surface area contributed by atoms with Crippen LogP contribution in [0.25, 0.3) is 0 Å². The molecule has 10 nitrogen and oxygen atoms in total. The molecule has 0 amide bonds. The van der Waals surface area contributed by atoms with Crippen molar-refractivity contribution in [2.24, 2.45) is 0 Å². The zero-order valence-corrected chi connectivity index (χ0v) is 22.6. The zero-order chi connectivity index (χ0) is 27.8. The third kappa shape index (κ3) is 6.47. The molecule has 1 N–H and O–H groups in total. The van der Waals surface area contributed by atoms with Crippen molar-refractivity contribution < 1.29 is 28.5 Å². The standard InChI is InChI=1S/C28H27ClN4O6/c1-35-22-6-5-18(11-21(22)29)14-31-27-20(15-32-28(33-27)39-16-17-7-9-30-10-8-17)25(34)19-12-23(36-2)26(38-4)24(13-19)37-3/h5-13,15H,14,16H2,1-4H3,(H,31,32,33). The topological polar surface area (TPSA) is 114 Å². The van der Waals surface area contributed by atoms with E-state index in [1.165, 1.54) is 27.5 Å². The Hall–Kier alpha value is -4.57. The highest BCUT2D eigenvalue weighted by Crippen LogP contribution is 2.39. The summed E-state index contributed by atoms with van der Waals surface area (Å²) in [6, 6.07) is 12.3. The average Bonchev–Trinajstić information content (AvgIpc) is 2.98. The van der Waals surface area contributed by atoms with Crippen LogP contribution < -0.4 is 29.0 Å². The van der Waals surface area contributed by atoms with Crippen molar-refractivity contribution in [2.75, 3.05) is 33.8 Å². The van der Waals surface area contributed by atoms with E-state index in [-0.39, 0.29) is 29.8 Å². The molecule has 11 heteroatoms. The molecule has 0 aliphatic carbocycles. The zero-order valence-electron chi connectivity index (χ0n) is 21.9. The first-order valence-corrected chi connectivity index (χ1v) is 12.1. The SMILES string of the molecule is COc1ccc(CNc2nc(OCc3ccncc3)ncc2C(=O)c2cc(OC)c(OC)c(OC)c2)cc1Cl. The molecule has 0 aliphatic heterocycles. The molecule has 39 heavy (non-hydrogen) atoms. The Morgan fingerprint density at radius 3 is 2.18 bits per heavy atom. The van der Waals surface area contributed by atoms with Crippen LogP contribution in [-0.4, -0.2) is 49.2 Å². The van der Waals surface area contributed by atoms with Crippen LogP contribution in [0.1, 0.15) is 27.0 Å². The Morgan fingerprint density at radius 1 is 0.872 bits per heavy atom. The van der Waals surface area contributed by atoms with Crippen LogP contribution in [0.3, 0.4) is 0 Å². The van der Waals surface area contributed by atoms with Gasteiger partial charge in [0.15, 0.2) is 17.3 Å². The second kappa shape index (κ2) is 12.8. The number of anilines is 1. The monoisotopic (exact) mass is 550 g/mol. The van der Waals surface area contributed by atoms with Gasteiger partial charge in [-0.25, -0.2) is 4.98 Å². The second-order valence-corrected chi connectivity index (χ2v) is 8.53. The van der Waals surface area contributed by atoms with Gasteiger partial charge in [-0.15, -0.1) is 0 Å². The van der Waals surface area contributed by atoms with E-state index in [4.69, 9.17) is 35.3 Å². The lowest BCUT2D eigenvalue weighted by atomic mass is 10.0. The van der Waals surface area contributed by atoms with Gasteiger partial charge in [0, 0.05) is 30.7 Å². The summed E-state index contributed by atoms with van der Waals surface area (Å²) < 4.78 is 27.2. The number of ketones is 1. The predicted octanol–water partition coefficient (Wildman–Crippen LogP) is 4.98. The highest BCUT2D eigenvalue weighted by Gasteiger charge is 2.22. The number of nitrogens with one attached hydrogen (secondary N) is 1. The fourth-order valence-corrected chi connectivity index (χ4v) is 4.02. The predicted molar refractivity (Wildman–Crippen MR) is 145 cm³/mol. The van der Waals surface area contributed by atoms with Crippen molar-refractivity contribution in [1.29, 1.82) is 0 Å². The van der Waals surface area contributed by atoms with Crippen LogP contribution in [0.5, 0.6) is 29.0 Å². The summed E-state index contributed by atoms with van der Waals surface area (Å²) in [5.41, 5.74) is 2.27. The lowest BCUT2D eigenvalue weighted by molar-refractivity contribution is 0.103. The highest BCUT2D eigenvalue weighted by atomic mass is 35.5. The van der Waals surface area contributed by atoms with Crippen molar-refractivity contribution in [1.82, 2.24) is 15.0 Å². The highest BCUT2D eigenvalue weighted by molar-refractivity contribution is 6.32. The Balaban J connectivity index is 1.67. The average molecular weight is 551 g/mol. The van der Waals surface area contributed by atoms with Gasteiger partial charge >= 0.3 is 6.01 Å². The molecule has 0 fully saturated rings. The number of pyridine rings is 1. The lowest BCUT2D eigenvalue weighted by Crippen LogP contribution is -2.12. The first kappa shape index (κ1) is 27.5. The van der Waals surface area contributed by atoms with E-state index >= 15 is 0 Å². The van der Waals surface area contributed by atoms with Crippen molar-refractivity contribution in [2.45, 2.75) is 13.2 Å². The molecule has 0 saturated heterocycles. The summed E-state index contributed by atoms with van der Waals surface area (Å²) in [6.07, 6.45) is 4.76. The minimum atomic E-state index is -0.356. The third-order valence-electron chi connectivity index (χ3n) is 5.73. The Labute approximate surface area is 230 Å². The first-order valence-electron chi connectivity index (χ1n) is 11.8. The largest absolute Gasteiger partial charge is 0.495 e. The first-order chi connectivity index (χ1) is 19.0. The maximum absolute atomic E-state index is 13.7. The van der Waals surface area contributed by atoms with Crippen LogP contribution in [0, 0.1) is 0 Å². The van der Waals surface area contributed by atoms with E-state index in [2.05, 4.69) is 20.3 Å². The van der Waals surface area contributed by atoms with Gasteiger partial charge in [-0.05, 0) is 47.5 Å². The summed E-state index contributed by atoms with van der Waals surface area (Å²) in [7, 11) is 6.01. The molecule has 0 atom stereocenters. The number of carbonyl (C=O) groups is 1. The second-order valence-electron chi connectivity index (χ2n) is 8.12. The molecule has 0 bridgehead atoms. The quantitative estimate of drug-likeness (QED) is 0.242. The number of aromatic nitrogens is 3. The smallest absolute Gasteiger partial charge is 0.318 e. The van der Waals surface area contributed by atoms with E-state index in [9.17, 15) is 4.79 Å². The Morgan fingerprint density at radius 2 is 1.56 bits per heavy atom. The maximum Gasteiger partial charge on any atom is 0.318 e. The molecular weight excluding hydrogens is 524 g/mol. The van der Waals surface area contributed by atoms with Crippen molar-refractivity contribution in [3.63, 3.8) is 0 Å². The molecule has 0 radical (unpaired) electrons. The molecule has 0 saturated carbocycles. The Kier molecular flexibility index (Phi) is 9.01. The normalized spacial score (nSPS) is 10.5. The van der Waals surface area contributed by atoms with Crippen LogP contribution in [0.2, 0.25) is 5.02 Å². The van der Waals surface area contributed by atoms with E-state index in [0.29, 0.717) is 40.1 Å². The summed E-state index contributed by atoms with van der Waals surface area (Å²) >= 11 is 6.29. The lowest BCUT2D eigenvalue weighted by Gasteiger charge is -2.15. The van der Waals surface area contributed by atoms with Crippen molar-refractivity contribution in [3.8, 4) is 29.0 Å². The van der Waals surface area contributed by atoms with Crippen molar-refractivity contribution in [3.05, 3.63) is 88.3 Å². The molecule has 2 heterocycles. The van der Waals surface area contributed by atoms with Gasteiger partial charge in [-0.1, -0.05) is 17.7 Å². The minimum Gasteiger partial charge on any atom is -0.495 e. The molecule has 0 spiro atoms. The van der Waals surface area contributed by atoms with Gasteiger partial charge in [-0.3, -0.25) is 9.78 Å². The fraction of sp³-hybridized carbons (Fsp3) is 0.214. The van der Waals surface area contributed by atoms with E-state index in [1.807, 2.05) is 18.2 Å². The number of hydrogen-bond acceptors (Lipinski definition) is 10. The van der Waals surface area contributed by atoms with Crippen LogP contribution in [0.4, 0.5) is 5.82 Å². The molecule has 2 aromatic carbocycles. The number of ether oxygens (including phenoxy) is 5. The molecule has 202 valence electrons. The third-order valence-corrected chi connectivity index (χ3v) is 6.03. The maximum atomic E-state index is 13.7. The van der Waals surface area contributed by atoms with Crippen LogP contribution >= 0.6 is 11.6 Å². The number of carbonyl (C=O) groups excluding carboxylic acids is 1. The molecule has 0 aliphatic rings. The Bertz CT molecular complexity index is 1430. The number of nitrogens with zero attached hydrogens (tertiary/aromatic N) is 3. The van der Waals surface area contributed by atoms with Gasteiger partial charge in [0.2, 0.25) is 5.75 Å². The summed E-state index contributed by atoms with van der Waals surface area (Å²) in [4.78, 5) is 26.5. The molecule has 4 rings (SSSR count). The van der Waals surface area contributed by atoms with E-state index in [1.54, 1.807) is 43.8 Å². The van der Waals surface area contributed by atoms with Gasteiger partial charge < -0.3 is 29.0 Å². The van der Waals surface area contributed by atoms with Crippen LogP contribution in [0.15, 0.2) is 61.1 Å². The van der Waals surface area contributed by atoms with Gasteiger partial charge in [-0.2, -0.15) is 4.98 Å². The minimum absolute atomic E-state index is 0.100. The molecule has 4 aromatic rings. The van der Waals surface area contributed by atoms with Crippen LogP contribution in [-0.2, 0) is 13.2 Å². The summed E-state index contributed by atoms with van der Waals surface area (Å²) in [5.74, 6) is 1.56. The van der Waals surface area contributed by atoms with Gasteiger partial charge in [0.05, 0.1) is 39.0 Å². The number of halogens is 1.